The van der Waals surface area contributed by atoms with E-state index in [2.05, 4.69) is 15.7 Å². The van der Waals surface area contributed by atoms with Crippen LogP contribution in [0, 0.1) is 11.3 Å². The van der Waals surface area contributed by atoms with Crippen LogP contribution < -0.4 is 10.7 Å². The summed E-state index contributed by atoms with van der Waals surface area (Å²) in [6, 6.07) is 5.37. The third-order valence-corrected chi connectivity index (χ3v) is 7.85. The number of likely N-dealkylation sites (N-methyl/N-ethyl adjacent to an activating group) is 1. The molecule has 41 heavy (non-hydrogen) atoms. The van der Waals surface area contributed by atoms with Crippen LogP contribution in [0.15, 0.2) is 36.5 Å². The van der Waals surface area contributed by atoms with Crippen LogP contribution in [0.5, 0.6) is 0 Å². The Morgan fingerprint density at radius 1 is 1.07 bits per heavy atom. The predicted octanol–water partition coefficient (Wildman–Crippen LogP) is 3.38. The maximum absolute atomic E-state index is 13.7. The zero-order valence-electron chi connectivity index (χ0n) is 24.9. The second kappa shape index (κ2) is 12.0. The molecule has 10 heteroatoms. The molecular weight excluding hydrogens is 522 g/mol. The van der Waals surface area contributed by atoms with Gasteiger partial charge in [0.1, 0.15) is 24.2 Å². The van der Waals surface area contributed by atoms with Gasteiger partial charge in [-0.1, -0.05) is 32.1 Å². The van der Waals surface area contributed by atoms with Crippen molar-refractivity contribution in [3.63, 3.8) is 0 Å². The molecule has 0 saturated carbocycles. The molecular formula is C31H41N5O5. The van der Waals surface area contributed by atoms with Crippen LogP contribution >= 0.6 is 0 Å². The average Bonchev–Trinajstić information content (AvgIpc) is 2.94. The topological polar surface area (TPSA) is 121 Å². The highest BCUT2D eigenvalue weighted by molar-refractivity contribution is 5.94. The van der Waals surface area contributed by atoms with Crippen LogP contribution in [-0.2, 0) is 23.9 Å². The first-order chi connectivity index (χ1) is 19.3. The zero-order valence-corrected chi connectivity index (χ0v) is 24.9. The third-order valence-electron chi connectivity index (χ3n) is 7.85. The average molecular weight is 564 g/mol. The van der Waals surface area contributed by atoms with E-state index in [4.69, 9.17) is 4.74 Å². The summed E-state index contributed by atoms with van der Waals surface area (Å²) in [5.74, 6) is -1.68. The number of carbonyl (C=O) groups excluding carboxylic acids is 4. The number of rotatable bonds is 1. The van der Waals surface area contributed by atoms with Crippen molar-refractivity contribution in [2.75, 3.05) is 13.6 Å². The quantitative estimate of drug-likeness (QED) is 0.511. The number of fused-ring (bicyclic) bond motifs is 4. The number of hydrogen-bond donors (Lipinski definition) is 2. The van der Waals surface area contributed by atoms with Crippen molar-refractivity contribution >= 4 is 40.5 Å². The fourth-order valence-corrected chi connectivity index (χ4v) is 5.43. The highest BCUT2D eigenvalue weighted by Gasteiger charge is 2.38. The molecule has 220 valence electrons. The van der Waals surface area contributed by atoms with E-state index in [0.717, 1.165) is 16.3 Å². The molecule has 3 heterocycles. The molecule has 4 unspecified atom stereocenters. The van der Waals surface area contributed by atoms with Crippen molar-refractivity contribution in [3.05, 3.63) is 47.8 Å². The molecule has 1 saturated heterocycles. The van der Waals surface area contributed by atoms with Crippen molar-refractivity contribution in [1.29, 1.82) is 0 Å². The lowest BCUT2D eigenvalue weighted by molar-refractivity contribution is -0.157. The van der Waals surface area contributed by atoms with Gasteiger partial charge in [0.15, 0.2) is 0 Å². The van der Waals surface area contributed by atoms with Crippen molar-refractivity contribution in [1.82, 2.24) is 25.6 Å². The minimum Gasteiger partial charge on any atom is -0.457 e. The van der Waals surface area contributed by atoms with Gasteiger partial charge in [0.05, 0.1) is 11.1 Å². The normalized spacial score (nSPS) is 26.3. The van der Waals surface area contributed by atoms with E-state index in [1.54, 1.807) is 46.2 Å². The molecule has 1 aromatic heterocycles. The van der Waals surface area contributed by atoms with Crippen molar-refractivity contribution in [2.45, 2.75) is 78.6 Å². The highest BCUT2D eigenvalue weighted by Crippen LogP contribution is 2.27. The molecule has 1 aromatic carbocycles. The van der Waals surface area contributed by atoms with Gasteiger partial charge in [-0.3, -0.25) is 29.2 Å². The van der Waals surface area contributed by atoms with Crippen molar-refractivity contribution in [2.24, 2.45) is 11.3 Å². The number of benzene rings is 1. The number of nitrogens with zero attached hydrogens (tertiary/aromatic N) is 3. The van der Waals surface area contributed by atoms with Gasteiger partial charge in [-0.05, 0) is 75.6 Å². The Labute approximate surface area is 241 Å². The lowest BCUT2D eigenvalue weighted by atomic mass is 9.89. The number of hydrogen-bond acceptors (Lipinski definition) is 7. The Kier molecular flexibility index (Phi) is 8.82. The Bertz CT molecular complexity index is 1370. The molecule has 4 atom stereocenters. The molecule has 10 nitrogen and oxygen atoms in total. The van der Waals surface area contributed by atoms with Crippen LogP contribution in [0.1, 0.15) is 71.7 Å². The van der Waals surface area contributed by atoms with Gasteiger partial charge in [0.2, 0.25) is 11.8 Å². The van der Waals surface area contributed by atoms with Crippen LogP contribution in [0.25, 0.3) is 16.8 Å². The van der Waals surface area contributed by atoms with Crippen molar-refractivity contribution in [3.8, 4) is 0 Å². The number of amides is 3. The highest BCUT2D eigenvalue weighted by atomic mass is 16.5. The summed E-state index contributed by atoms with van der Waals surface area (Å²) < 4.78 is 5.81. The number of aromatic nitrogens is 1. The fraction of sp³-hybridized carbons (Fsp3) is 0.516. The lowest BCUT2D eigenvalue weighted by Gasteiger charge is -2.37. The second-order valence-electron chi connectivity index (χ2n) is 12.0. The summed E-state index contributed by atoms with van der Waals surface area (Å²) in [5, 5.41) is 6.02. The lowest BCUT2D eigenvalue weighted by Crippen LogP contribution is -2.61. The summed E-state index contributed by atoms with van der Waals surface area (Å²) in [4.78, 5) is 59.4. The van der Waals surface area contributed by atoms with Gasteiger partial charge < -0.3 is 15.0 Å². The van der Waals surface area contributed by atoms with E-state index in [9.17, 15) is 19.2 Å². The Morgan fingerprint density at radius 2 is 1.80 bits per heavy atom. The molecule has 4 rings (SSSR count). The number of cyclic esters (lactones) is 1. The first-order valence-electron chi connectivity index (χ1n) is 14.2. The van der Waals surface area contributed by atoms with Crippen molar-refractivity contribution < 1.29 is 23.9 Å². The number of esters is 1. The van der Waals surface area contributed by atoms with E-state index in [0.29, 0.717) is 25.1 Å². The molecule has 1 fully saturated rings. The van der Waals surface area contributed by atoms with E-state index < -0.39 is 41.5 Å². The van der Waals surface area contributed by atoms with Gasteiger partial charge in [0.25, 0.3) is 5.91 Å². The minimum atomic E-state index is -0.934. The second-order valence-corrected chi connectivity index (χ2v) is 12.0. The van der Waals surface area contributed by atoms with Crippen LogP contribution in [-0.4, -0.2) is 70.3 Å². The number of ether oxygens (including phenoxy) is 1. The maximum atomic E-state index is 13.7. The van der Waals surface area contributed by atoms with Gasteiger partial charge in [-0.25, -0.2) is 5.43 Å². The first-order valence-corrected chi connectivity index (χ1v) is 14.2. The minimum absolute atomic E-state index is 0.210. The summed E-state index contributed by atoms with van der Waals surface area (Å²) >= 11 is 0. The van der Waals surface area contributed by atoms with E-state index >= 15 is 0 Å². The molecule has 2 N–H and O–H groups in total. The van der Waals surface area contributed by atoms with Gasteiger partial charge >= 0.3 is 5.97 Å². The van der Waals surface area contributed by atoms with Crippen LogP contribution in [0.4, 0.5) is 0 Å². The Morgan fingerprint density at radius 3 is 2.51 bits per heavy atom. The molecule has 2 aliphatic heterocycles. The first kappa shape index (κ1) is 30.2. The molecule has 2 aliphatic rings. The van der Waals surface area contributed by atoms with E-state index in [1.165, 1.54) is 9.91 Å². The number of carbonyl (C=O) groups is 4. The van der Waals surface area contributed by atoms with Crippen LogP contribution in [0.3, 0.4) is 0 Å². The molecule has 0 spiro atoms. The van der Waals surface area contributed by atoms with Crippen LogP contribution in [0.2, 0.25) is 0 Å². The van der Waals surface area contributed by atoms with E-state index in [1.807, 2.05) is 45.0 Å². The van der Waals surface area contributed by atoms with E-state index in [-0.39, 0.29) is 17.7 Å². The molecule has 0 radical (unpaired) electrons. The standard InChI is InChI=1S/C31H41N5O5/c1-18(2)26-27(37)33-19(3)28(38)36-14-8-9-25(34-36)29(39)41-20(4)21-10-11-22-17-32-24(16-23(22)15-21)12-13-31(5,6)30(40)35(26)7/h10-13,15-20,25-26,34H,8-9,14H2,1-7H3,(H,33,37). The monoisotopic (exact) mass is 563 g/mol. The fourth-order valence-electron chi connectivity index (χ4n) is 5.43. The maximum Gasteiger partial charge on any atom is 0.325 e. The molecule has 3 amide bonds. The summed E-state index contributed by atoms with van der Waals surface area (Å²) in [5.41, 5.74) is 3.57. The summed E-state index contributed by atoms with van der Waals surface area (Å²) in [6.07, 6.45) is 5.97. The molecule has 2 aromatic rings. The Balaban J connectivity index is 1.74. The summed E-state index contributed by atoms with van der Waals surface area (Å²) in [7, 11) is 1.61. The SMILES string of the molecule is CC1NC(=O)C(C(C)C)N(C)C(=O)C(C)(C)C=Cc2cc3cc(ccc3cn2)C(C)OC(=O)C2CCCN(N2)C1=O. The Hall–Kier alpha value is -3.79. The largest absolute Gasteiger partial charge is 0.457 e. The smallest absolute Gasteiger partial charge is 0.325 e. The number of hydrazine groups is 1. The predicted molar refractivity (Wildman–Crippen MR) is 156 cm³/mol. The summed E-state index contributed by atoms with van der Waals surface area (Å²) in [6.45, 7) is 11.1. The van der Waals surface area contributed by atoms with Gasteiger partial charge in [-0.15, -0.1) is 0 Å². The number of pyridine rings is 1. The molecule has 0 aliphatic carbocycles. The third kappa shape index (κ3) is 6.59. The number of nitrogens with one attached hydrogen (secondary N) is 2. The van der Waals surface area contributed by atoms with Gasteiger partial charge in [0, 0.05) is 25.2 Å². The zero-order chi connectivity index (χ0) is 30.1. The van der Waals surface area contributed by atoms with Gasteiger partial charge in [-0.2, -0.15) is 0 Å². The molecule has 5 bridgehead atoms.